The Hall–Kier alpha value is -1.99. The van der Waals surface area contributed by atoms with Gasteiger partial charge in [-0.25, -0.2) is 22.3 Å². The third-order valence-corrected chi connectivity index (χ3v) is 4.05. The Labute approximate surface area is 121 Å². The van der Waals surface area contributed by atoms with Crippen molar-refractivity contribution in [2.75, 3.05) is 5.32 Å². The molecule has 0 radical (unpaired) electrons. The Bertz CT molecular complexity index is 756. The van der Waals surface area contributed by atoms with E-state index in [9.17, 15) is 17.2 Å². The number of nitrogens with two attached hydrogens (primary N) is 1. The van der Waals surface area contributed by atoms with Crippen molar-refractivity contribution in [3.63, 3.8) is 0 Å². The third-order valence-electron chi connectivity index (χ3n) is 3.00. The van der Waals surface area contributed by atoms with E-state index >= 15 is 0 Å². The predicted molar refractivity (Wildman–Crippen MR) is 76.2 cm³/mol. The van der Waals surface area contributed by atoms with Crippen LogP contribution in [0, 0.1) is 18.6 Å². The molecule has 4 nitrogen and oxygen atoms in total. The molecule has 0 aliphatic heterocycles. The normalized spacial score (nSPS) is 11.4. The zero-order valence-electron chi connectivity index (χ0n) is 11.2. The molecular weight excluding hydrogens is 298 g/mol. The van der Waals surface area contributed by atoms with Gasteiger partial charge in [-0.05, 0) is 42.3 Å². The lowest BCUT2D eigenvalue weighted by molar-refractivity contribution is 0.580. The molecule has 0 spiro atoms. The largest absolute Gasteiger partial charge is 0.381 e. The van der Waals surface area contributed by atoms with Gasteiger partial charge in [0.15, 0.2) is 0 Å². The molecule has 2 aromatic rings. The highest BCUT2D eigenvalue weighted by atomic mass is 32.2. The van der Waals surface area contributed by atoms with Crippen LogP contribution in [0.15, 0.2) is 41.3 Å². The number of primary sulfonamides is 1. The molecule has 3 N–H and O–H groups in total. The van der Waals surface area contributed by atoms with Crippen molar-refractivity contribution in [3.05, 3.63) is 59.2 Å². The van der Waals surface area contributed by atoms with Gasteiger partial charge in [0.25, 0.3) is 0 Å². The van der Waals surface area contributed by atoms with Gasteiger partial charge in [0.05, 0.1) is 4.90 Å². The first-order valence-corrected chi connectivity index (χ1v) is 7.63. The number of sulfonamides is 1. The monoisotopic (exact) mass is 312 g/mol. The second kappa shape index (κ2) is 5.79. The first-order valence-electron chi connectivity index (χ1n) is 6.08. The Balaban J connectivity index is 2.25. The number of hydrogen-bond donors (Lipinski definition) is 2. The standard InChI is InChI=1S/C14H14F2N2O2S/c1-9-13(3-2-4-14(9)21(17,19)20)18-8-10-5-11(15)7-12(16)6-10/h2-7,18H,8H2,1H3,(H2,17,19,20). The van der Waals surface area contributed by atoms with E-state index in [4.69, 9.17) is 5.14 Å². The molecule has 2 aromatic carbocycles. The maximum absolute atomic E-state index is 13.1. The summed E-state index contributed by atoms with van der Waals surface area (Å²) >= 11 is 0. The molecule has 0 fully saturated rings. The maximum Gasteiger partial charge on any atom is 0.238 e. The Morgan fingerprint density at radius 1 is 1.14 bits per heavy atom. The van der Waals surface area contributed by atoms with Crippen LogP contribution < -0.4 is 10.5 Å². The van der Waals surface area contributed by atoms with Gasteiger partial charge in [-0.3, -0.25) is 0 Å². The van der Waals surface area contributed by atoms with Crippen LogP contribution in [0.2, 0.25) is 0 Å². The van der Waals surface area contributed by atoms with Crippen LogP contribution in [0.3, 0.4) is 0 Å². The summed E-state index contributed by atoms with van der Waals surface area (Å²) in [6.07, 6.45) is 0. The van der Waals surface area contributed by atoms with Crippen LogP contribution in [0.25, 0.3) is 0 Å². The second-order valence-corrected chi connectivity index (χ2v) is 6.13. The molecular formula is C14H14F2N2O2S. The topological polar surface area (TPSA) is 72.2 Å². The predicted octanol–water partition coefficient (Wildman–Crippen LogP) is 2.53. The van der Waals surface area contributed by atoms with Gasteiger partial charge >= 0.3 is 0 Å². The van der Waals surface area contributed by atoms with Gasteiger partial charge in [0, 0.05) is 18.3 Å². The smallest absolute Gasteiger partial charge is 0.238 e. The summed E-state index contributed by atoms with van der Waals surface area (Å²) in [5.74, 6) is -1.33. The first-order chi connectivity index (χ1) is 9.77. The lowest BCUT2D eigenvalue weighted by Crippen LogP contribution is -2.14. The van der Waals surface area contributed by atoms with Crippen LogP contribution in [-0.4, -0.2) is 8.42 Å². The van der Waals surface area contributed by atoms with Gasteiger partial charge in [0.1, 0.15) is 11.6 Å². The molecule has 112 valence electrons. The third kappa shape index (κ3) is 3.77. The van der Waals surface area contributed by atoms with Gasteiger partial charge in [-0.1, -0.05) is 6.07 Å². The Morgan fingerprint density at radius 2 is 1.76 bits per heavy atom. The summed E-state index contributed by atoms with van der Waals surface area (Å²) in [6.45, 7) is 1.76. The summed E-state index contributed by atoms with van der Waals surface area (Å²) < 4.78 is 49.0. The zero-order chi connectivity index (χ0) is 15.6. The summed E-state index contributed by atoms with van der Waals surface area (Å²) in [7, 11) is -3.81. The van der Waals surface area contributed by atoms with Crippen molar-refractivity contribution in [1.82, 2.24) is 0 Å². The lowest BCUT2D eigenvalue weighted by Gasteiger charge is -2.12. The fourth-order valence-electron chi connectivity index (χ4n) is 2.02. The highest BCUT2D eigenvalue weighted by molar-refractivity contribution is 7.89. The fourth-order valence-corrected chi connectivity index (χ4v) is 2.83. The fraction of sp³-hybridized carbons (Fsp3) is 0.143. The van der Waals surface area contributed by atoms with Gasteiger partial charge < -0.3 is 5.32 Å². The molecule has 7 heteroatoms. The van der Waals surface area contributed by atoms with E-state index < -0.39 is 21.7 Å². The van der Waals surface area contributed by atoms with E-state index in [1.807, 2.05) is 0 Å². The highest BCUT2D eigenvalue weighted by Crippen LogP contribution is 2.22. The van der Waals surface area contributed by atoms with E-state index in [0.29, 0.717) is 16.8 Å². The lowest BCUT2D eigenvalue weighted by atomic mass is 10.1. The van der Waals surface area contributed by atoms with Crippen molar-refractivity contribution in [3.8, 4) is 0 Å². The van der Waals surface area contributed by atoms with Crippen molar-refractivity contribution < 1.29 is 17.2 Å². The number of hydrogen-bond acceptors (Lipinski definition) is 3. The average molecular weight is 312 g/mol. The average Bonchev–Trinajstić information content (AvgIpc) is 2.35. The summed E-state index contributed by atoms with van der Waals surface area (Å²) in [5, 5.41) is 8.06. The molecule has 0 atom stereocenters. The summed E-state index contributed by atoms with van der Waals surface area (Å²) in [4.78, 5) is 0.0120. The zero-order valence-corrected chi connectivity index (χ0v) is 12.0. The number of rotatable bonds is 4. The molecule has 0 unspecified atom stereocenters. The quantitative estimate of drug-likeness (QED) is 0.911. The first kappa shape index (κ1) is 15.4. The van der Waals surface area contributed by atoms with Crippen LogP contribution in [0.1, 0.15) is 11.1 Å². The van der Waals surface area contributed by atoms with E-state index in [1.54, 1.807) is 19.1 Å². The van der Waals surface area contributed by atoms with Crippen LogP contribution >= 0.6 is 0 Å². The van der Waals surface area contributed by atoms with Gasteiger partial charge in [0.2, 0.25) is 10.0 Å². The number of halogens is 2. The Kier molecular flexibility index (Phi) is 4.24. The molecule has 0 amide bonds. The maximum atomic E-state index is 13.1. The molecule has 0 aliphatic carbocycles. The van der Waals surface area contributed by atoms with Crippen molar-refractivity contribution >= 4 is 15.7 Å². The Morgan fingerprint density at radius 3 is 2.33 bits per heavy atom. The van der Waals surface area contributed by atoms with E-state index in [-0.39, 0.29) is 11.4 Å². The molecule has 0 aromatic heterocycles. The number of anilines is 1. The molecule has 2 rings (SSSR count). The minimum atomic E-state index is -3.81. The van der Waals surface area contributed by atoms with Crippen molar-refractivity contribution in [1.29, 1.82) is 0 Å². The van der Waals surface area contributed by atoms with Gasteiger partial charge in [-0.15, -0.1) is 0 Å². The minimum Gasteiger partial charge on any atom is -0.381 e. The number of benzene rings is 2. The molecule has 0 saturated heterocycles. The molecule has 0 bridgehead atoms. The molecule has 0 heterocycles. The second-order valence-electron chi connectivity index (χ2n) is 4.60. The minimum absolute atomic E-state index is 0.0120. The van der Waals surface area contributed by atoms with Crippen molar-refractivity contribution in [2.24, 2.45) is 5.14 Å². The van der Waals surface area contributed by atoms with E-state index in [1.165, 1.54) is 18.2 Å². The highest BCUT2D eigenvalue weighted by Gasteiger charge is 2.13. The SMILES string of the molecule is Cc1c(NCc2cc(F)cc(F)c2)cccc1S(N)(=O)=O. The molecule has 21 heavy (non-hydrogen) atoms. The van der Waals surface area contributed by atoms with E-state index in [0.717, 1.165) is 6.07 Å². The summed E-state index contributed by atoms with van der Waals surface area (Å²) in [5.41, 5.74) is 1.40. The van der Waals surface area contributed by atoms with E-state index in [2.05, 4.69) is 5.32 Å². The van der Waals surface area contributed by atoms with Crippen LogP contribution in [-0.2, 0) is 16.6 Å². The number of nitrogens with one attached hydrogen (secondary N) is 1. The van der Waals surface area contributed by atoms with Crippen LogP contribution in [0.5, 0.6) is 0 Å². The van der Waals surface area contributed by atoms with Gasteiger partial charge in [-0.2, -0.15) is 0 Å². The van der Waals surface area contributed by atoms with Crippen LogP contribution in [0.4, 0.5) is 14.5 Å². The molecule has 0 saturated carbocycles. The van der Waals surface area contributed by atoms with Crippen molar-refractivity contribution in [2.45, 2.75) is 18.4 Å². The molecule has 0 aliphatic rings. The summed E-state index contributed by atoms with van der Waals surface area (Å²) in [6, 6.07) is 7.80.